The zero-order valence-electron chi connectivity index (χ0n) is 9.76. The Morgan fingerprint density at radius 2 is 1.83 bits per heavy atom. The molecule has 18 heavy (non-hydrogen) atoms. The van der Waals surface area contributed by atoms with Crippen LogP contribution in [0.1, 0.15) is 36.0 Å². The summed E-state index contributed by atoms with van der Waals surface area (Å²) in [6.45, 7) is 0. The summed E-state index contributed by atoms with van der Waals surface area (Å²) >= 11 is 10.4. The molecule has 1 aromatic carbocycles. The van der Waals surface area contributed by atoms with Crippen molar-refractivity contribution in [2.75, 3.05) is 0 Å². The quantitative estimate of drug-likeness (QED) is 0.668. The molecule has 5 heteroatoms. The van der Waals surface area contributed by atoms with E-state index in [0.29, 0.717) is 16.4 Å². The van der Waals surface area contributed by atoms with Crippen molar-refractivity contribution in [2.45, 2.75) is 36.6 Å². The third-order valence-electron chi connectivity index (χ3n) is 3.17. The van der Waals surface area contributed by atoms with Crippen LogP contribution in [0.2, 0.25) is 0 Å². The van der Waals surface area contributed by atoms with Crippen LogP contribution in [0.25, 0.3) is 0 Å². The molecule has 1 N–H and O–H groups in total. The van der Waals surface area contributed by atoms with Crippen LogP contribution in [0.5, 0.6) is 0 Å². The molecule has 1 fully saturated rings. The standard InChI is InChI=1S/C13H14Br3NO/c14-8-1-4-10(5-2-8)17-13(18)11-6-3-9(15)7-12(11)16/h3,6-8,10H,1-2,4-5H2,(H,17,18). The Hall–Kier alpha value is 0.130. The zero-order chi connectivity index (χ0) is 13.1. The molecule has 1 aromatic rings. The Kier molecular flexibility index (Phi) is 5.27. The molecule has 0 unspecified atom stereocenters. The maximum atomic E-state index is 12.2. The normalized spacial score (nSPS) is 23.7. The van der Waals surface area contributed by atoms with Crippen LogP contribution in [0.4, 0.5) is 0 Å². The number of benzene rings is 1. The summed E-state index contributed by atoms with van der Waals surface area (Å²) in [5, 5.41) is 3.11. The summed E-state index contributed by atoms with van der Waals surface area (Å²) in [7, 11) is 0. The maximum absolute atomic E-state index is 12.2. The van der Waals surface area contributed by atoms with Crippen molar-refractivity contribution in [3.05, 3.63) is 32.7 Å². The lowest BCUT2D eigenvalue weighted by molar-refractivity contribution is 0.0927. The van der Waals surface area contributed by atoms with Gasteiger partial charge in [-0.25, -0.2) is 0 Å². The van der Waals surface area contributed by atoms with E-state index in [9.17, 15) is 4.79 Å². The van der Waals surface area contributed by atoms with Crippen molar-refractivity contribution in [3.63, 3.8) is 0 Å². The van der Waals surface area contributed by atoms with Crippen LogP contribution in [-0.4, -0.2) is 16.8 Å². The fourth-order valence-corrected chi connectivity index (χ4v) is 3.89. The Bertz CT molecular complexity index is 442. The second-order valence-corrected chi connectivity index (χ2v) is 7.61. The monoisotopic (exact) mass is 437 g/mol. The highest BCUT2D eigenvalue weighted by atomic mass is 79.9. The van der Waals surface area contributed by atoms with E-state index in [-0.39, 0.29) is 5.91 Å². The molecule has 0 aliphatic heterocycles. The average molecular weight is 440 g/mol. The molecular weight excluding hydrogens is 426 g/mol. The van der Waals surface area contributed by atoms with Crippen LogP contribution in [0, 0.1) is 0 Å². The van der Waals surface area contributed by atoms with E-state index < -0.39 is 0 Å². The van der Waals surface area contributed by atoms with Crippen molar-refractivity contribution in [1.29, 1.82) is 0 Å². The first kappa shape index (κ1) is 14.5. The lowest BCUT2D eigenvalue weighted by Gasteiger charge is -2.26. The first-order valence-corrected chi connectivity index (χ1v) is 8.46. The fourth-order valence-electron chi connectivity index (χ4n) is 2.13. The molecule has 0 atom stereocenters. The maximum Gasteiger partial charge on any atom is 0.252 e. The number of alkyl halides is 1. The lowest BCUT2D eigenvalue weighted by atomic mass is 9.95. The van der Waals surface area contributed by atoms with Gasteiger partial charge in [0.15, 0.2) is 0 Å². The number of halogens is 3. The Labute approximate surface area is 132 Å². The Balaban J connectivity index is 1.99. The van der Waals surface area contributed by atoms with Crippen LogP contribution in [0.3, 0.4) is 0 Å². The van der Waals surface area contributed by atoms with E-state index in [1.54, 1.807) is 0 Å². The SMILES string of the molecule is O=C(NC1CCC(Br)CC1)c1ccc(Br)cc1Br. The van der Waals surface area contributed by atoms with Crippen molar-refractivity contribution < 1.29 is 4.79 Å². The number of hydrogen-bond donors (Lipinski definition) is 1. The molecule has 0 aromatic heterocycles. The molecule has 98 valence electrons. The third kappa shape index (κ3) is 3.81. The van der Waals surface area contributed by atoms with Gasteiger partial charge in [-0.2, -0.15) is 0 Å². The van der Waals surface area contributed by atoms with Gasteiger partial charge in [-0.1, -0.05) is 31.9 Å². The smallest absolute Gasteiger partial charge is 0.252 e. The predicted molar refractivity (Wildman–Crippen MR) is 84.3 cm³/mol. The van der Waals surface area contributed by atoms with Crippen molar-refractivity contribution >= 4 is 53.7 Å². The number of carbonyl (C=O) groups excluding carboxylic acids is 1. The molecule has 0 radical (unpaired) electrons. The highest BCUT2D eigenvalue weighted by molar-refractivity contribution is 9.11. The van der Waals surface area contributed by atoms with Crippen LogP contribution >= 0.6 is 47.8 Å². The second-order valence-electron chi connectivity index (χ2n) is 4.55. The van der Waals surface area contributed by atoms with Gasteiger partial charge in [0.2, 0.25) is 0 Å². The number of hydrogen-bond acceptors (Lipinski definition) is 1. The molecule has 0 spiro atoms. The minimum atomic E-state index is 0.00685. The molecule has 0 saturated heterocycles. The van der Waals surface area contributed by atoms with Gasteiger partial charge in [0.25, 0.3) is 5.91 Å². The molecule has 0 bridgehead atoms. The number of amides is 1. The van der Waals surface area contributed by atoms with E-state index in [4.69, 9.17) is 0 Å². The molecule has 1 aliphatic rings. The Morgan fingerprint density at radius 1 is 1.17 bits per heavy atom. The van der Waals surface area contributed by atoms with E-state index in [2.05, 4.69) is 53.1 Å². The van der Waals surface area contributed by atoms with Gasteiger partial charge < -0.3 is 5.32 Å². The zero-order valence-corrected chi connectivity index (χ0v) is 14.5. The summed E-state index contributed by atoms with van der Waals surface area (Å²) in [5.74, 6) is 0.00685. The van der Waals surface area contributed by atoms with Crippen molar-refractivity contribution in [3.8, 4) is 0 Å². The third-order valence-corrected chi connectivity index (χ3v) is 5.23. The molecule has 1 amide bonds. The summed E-state index contributed by atoms with van der Waals surface area (Å²) in [6.07, 6.45) is 4.37. The molecule has 0 heterocycles. The highest BCUT2D eigenvalue weighted by Crippen LogP contribution is 2.26. The minimum absolute atomic E-state index is 0.00685. The highest BCUT2D eigenvalue weighted by Gasteiger charge is 2.21. The molecule has 2 rings (SSSR count). The Morgan fingerprint density at radius 3 is 2.44 bits per heavy atom. The van der Waals surface area contributed by atoms with Crippen molar-refractivity contribution in [2.24, 2.45) is 0 Å². The van der Waals surface area contributed by atoms with E-state index in [1.807, 2.05) is 18.2 Å². The van der Waals surface area contributed by atoms with Gasteiger partial charge in [0, 0.05) is 19.8 Å². The molecule has 1 aliphatic carbocycles. The van der Waals surface area contributed by atoms with Gasteiger partial charge >= 0.3 is 0 Å². The lowest BCUT2D eigenvalue weighted by Crippen LogP contribution is -2.37. The van der Waals surface area contributed by atoms with Gasteiger partial charge in [-0.3, -0.25) is 4.79 Å². The van der Waals surface area contributed by atoms with E-state index in [1.165, 1.54) is 0 Å². The van der Waals surface area contributed by atoms with E-state index in [0.717, 1.165) is 34.6 Å². The summed E-state index contributed by atoms with van der Waals surface area (Å²) < 4.78 is 1.79. The van der Waals surface area contributed by atoms with E-state index >= 15 is 0 Å². The minimum Gasteiger partial charge on any atom is -0.349 e. The van der Waals surface area contributed by atoms with Crippen LogP contribution < -0.4 is 5.32 Å². The second kappa shape index (κ2) is 6.53. The largest absolute Gasteiger partial charge is 0.349 e. The first-order chi connectivity index (χ1) is 8.56. The van der Waals surface area contributed by atoms with Gasteiger partial charge in [-0.15, -0.1) is 0 Å². The summed E-state index contributed by atoms with van der Waals surface area (Å²) in [6, 6.07) is 5.92. The summed E-state index contributed by atoms with van der Waals surface area (Å²) in [4.78, 5) is 12.8. The van der Waals surface area contributed by atoms with Gasteiger partial charge in [0.05, 0.1) is 5.56 Å². The summed E-state index contributed by atoms with van der Waals surface area (Å²) in [5.41, 5.74) is 0.694. The number of rotatable bonds is 2. The topological polar surface area (TPSA) is 29.1 Å². The number of nitrogens with one attached hydrogen (secondary N) is 1. The average Bonchev–Trinajstić information content (AvgIpc) is 2.32. The fraction of sp³-hybridized carbons (Fsp3) is 0.462. The van der Waals surface area contributed by atoms with Gasteiger partial charge in [0.1, 0.15) is 0 Å². The van der Waals surface area contributed by atoms with Gasteiger partial charge in [-0.05, 0) is 59.8 Å². The first-order valence-electron chi connectivity index (χ1n) is 5.96. The molecule has 2 nitrogen and oxygen atoms in total. The number of carbonyl (C=O) groups is 1. The molecular formula is C13H14Br3NO. The van der Waals surface area contributed by atoms with Crippen LogP contribution in [0.15, 0.2) is 27.1 Å². The molecule has 1 saturated carbocycles. The van der Waals surface area contributed by atoms with Crippen LogP contribution in [-0.2, 0) is 0 Å². The van der Waals surface area contributed by atoms with Crippen molar-refractivity contribution in [1.82, 2.24) is 5.32 Å². The predicted octanol–water partition coefficient (Wildman–Crippen LogP) is 4.65.